The molecular weight excluding hydrogens is 498 g/mol. The zero-order valence-electron chi connectivity index (χ0n) is 20.5. The first-order valence-corrected chi connectivity index (χ1v) is 13.5. The van der Waals surface area contributed by atoms with Crippen molar-refractivity contribution < 1.29 is 29.4 Å². The molecule has 4 fully saturated rings. The van der Waals surface area contributed by atoms with Crippen LogP contribution in [0.15, 0.2) is 24.3 Å². The van der Waals surface area contributed by atoms with Crippen molar-refractivity contribution in [1.82, 2.24) is 19.1 Å². The molecular formula is C25H31N5O6S. The SMILES string of the molecule is O=C(O)C(=O)O.O=C1CC2CC3CC3N2C(=O)N1CCCCN1CCN(c2nsc3ccccc23)CC1. The quantitative estimate of drug-likeness (QED) is 0.426. The van der Waals surface area contributed by atoms with Gasteiger partial charge in [-0.1, -0.05) is 12.1 Å². The molecule has 2 aromatic rings. The number of fused-ring (bicyclic) bond motifs is 4. The van der Waals surface area contributed by atoms with Gasteiger partial charge in [0.2, 0.25) is 5.91 Å². The van der Waals surface area contributed by atoms with Crippen LogP contribution >= 0.6 is 11.5 Å². The lowest BCUT2D eigenvalue weighted by molar-refractivity contribution is -0.159. The summed E-state index contributed by atoms with van der Waals surface area (Å²) < 4.78 is 5.94. The van der Waals surface area contributed by atoms with Crippen molar-refractivity contribution in [2.45, 2.75) is 44.2 Å². The van der Waals surface area contributed by atoms with E-state index in [0.717, 1.165) is 64.2 Å². The van der Waals surface area contributed by atoms with Crippen molar-refractivity contribution in [2.24, 2.45) is 5.92 Å². The number of piperidine rings is 1. The first-order valence-electron chi connectivity index (χ1n) is 12.7. The number of piperazine rings is 1. The van der Waals surface area contributed by atoms with Crippen LogP contribution in [-0.2, 0) is 14.4 Å². The molecule has 1 aromatic carbocycles. The summed E-state index contributed by atoms with van der Waals surface area (Å²) >= 11 is 1.58. The average Bonchev–Trinajstić information content (AvgIpc) is 3.34. The van der Waals surface area contributed by atoms with Gasteiger partial charge >= 0.3 is 18.0 Å². The van der Waals surface area contributed by atoms with Crippen LogP contribution in [0.2, 0.25) is 0 Å². The molecule has 3 amide bonds. The molecule has 1 aromatic heterocycles. The third kappa shape index (κ3) is 5.40. The highest BCUT2D eigenvalue weighted by atomic mass is 32.1. The number of benzene rings is 1. The van der Waals surface area contributed by atoms with Crippen molar-refractivity contribution in [3.05, 3.63) is 24.3 Å². The van der Waals surface area contributed by atoms with Gasteiger partial charge in [0.05, 0.1) is 4.70 Å². The number of aromatic nitrogens is 1. The zero-order valence-corrected chi connectivity index (χ0v) is 21.3. The van der Waals surface area contributed by atoms with Crippen LogP contribution in [0.1, 0.15) is 32.1 Å². The lowest BCUT2D eigenvalue weighted by Gasteiger charge is -2.38. The highest BCUT2D eigenvalue weighted by molar-refractivity contribution is 7.13. The summed E-state index contributed by atoms with van der Waals surface area (Å²) in [6, 6.07) is 9.05. The van der Waals surface area contributed by atoms with Crippen LogP contribution in [0.5, 0.6) is 0 Å². The number of rotatable bonds is 6. The number of aliphatic carboxylic acids is 2. The van der Waals surface area contributed by atoms with E-state index in [0.29, 0.717) is 24.9 Å². The molecule has 3 saturated heterocycles. The summed E-state index contributed by atoms with van der Waals surface area (Å²) in [7, 11) is 0. The van der Waals surface area contributed by atoms with Gasteiger partial charge in [-0.3, -0.25) is 14.6 Å². The van der Waals surface area contributed by atoms with E-state index < -0.39 is 11.9 Å². The molecule has 3 atom stereocenters. The molecule has 198 valence electrons. The fourth-order valence-electron chi connectivity index (χ4n) is 5.71. The first kappa shape index (κ1) is 25.4. The van der Waals surface area contributed by atoms with E-state index in [4.69, 9.17) is 24.2 Å². The number of anilines is 1. The number of carboxylic acids is 2. The molecule has 0 bridgehead atoms. The van der Waals surface area contributed by atoms with Gasteiger partial charge < -0.3 is 20.0 Å². The molecule has 1 saturated carbocycles. The van der Waals surface area contributed by atoms with Crippen LogP contribution in [0.25, 0.3) is 10.1 Å². The normalized spacial score (nSPS) is 25.0. The smallest absolute Gasteiger partial charge is 0.414 e. The Morgan fingerprint density at radius 3 is 2.41 bits per heavy atom. The number of hydrogen-bond acceptors (Lipinski definition) is 8. The summed E-state index contributed by atoms with van der Waals surface area (Å²) in [5, 5.41) is 16.0. The van der Waals surface area contributed by atoms with E-state index >= 15 is 0 Å². The van der Waals surface area contributed by atoms with Crippen LogP contribution in [0.4, 0.5) is 10.6 Å². The minimum atomic E-state index is -1.82. The van der Waals surface area contributed by atoms with Crippen LogP contribution in [0, 0.1) is 5.92 Å². The number of carbonyl (C=O) groups excluding carboxylic acids is 2. The third-order valence-corrected chi connectivity index (χ3v) is 8.51. The van der Waals surface area contributed by atoms with Gasteiger partial charge in [-0.25, -0.2) is 14.4 Å². The number of urea groups is 1. The number of carboxylic acid groups (broad SMARTS) is 2. The van der Waals surface area contributed by atoms with E-state index in [1.807, 2.05) is 4.90 Å². The lowest BCUT2D eigenvalue weighted by Crippen LogP contribution is -2.56. The van der Waals surface area contributed by atoms with Gasteiger partial charge in [0.15, 0.2) is 0 Å². The molecule has 4 heterocycles. The highest BCUT2D eigenvalue weighted by Gasteiger charge is 2.57. The van der Waals surface area contributed by atoms with Crippen LogP contribution in [-0.4, -0.2) is 105 Å². The molecule has 6 rings (SSSR count). The van der Waals surface area contributed by atoms with E-state index in [9.17, 15) is 9.59 Å². The van der Waals surface area contributed by atoms with Gasteiger partial charge in [0.1, 0.15) is 5.82 Å². The maximum atomic E-state index is 12.8. The van der Waals surface area contributed by atoms with Gasteiger partial charge in [0, 0.05) is 56.6 Å². The first-order chi connectivity index (χ1) is 17.8. The summed E-state index contributed by atoms with van der Waals surface area (Å²) in [6.07, 6.45) is 4.63. The van der Waals surface area contributed by atoms with Gasteiger partial charge in [-0.15, -0.1) is 0 Å². The minimum absolute atomic E-state index is 0.0182. The van der Waals surface area contributed by atoms with E-state index in [-0.39, 0.29) is 18.0 Å². The fraction of sp³-hybridized carbons (Fsp3) is 0.560. The summed E-state index contributed by atoms with van der Waals surface area (Å²) in [6.45, 7) is 5.66. The Balaban J connectivity index is 0.000000421. The molecule has 2 N–H and O–H groups in total. The highest BCUT2D eigenvalue weighted by Crippen LogP contribution is 2.50. The second-order valence-corrected chi connectivity index (χ2v) is 10.8. The monoisotopic (exact) mass is 529 g/mol. The predicted molar refractivity (Wildman–Crippen MR) is 137 cm³/mol. The Kier molecular flexibility index (Phi) is 7.29. The molecule has 3 aliphatic heterocycles. The van der Waals surface area contributed by atoms with Crippen LogP contribution in [0.3, 0.4) is 0 Å². The lowest BCUT2D eigenvalue weighted by atomic mass is 10.1. The Morgan fingerprint density at radius 1 is 0.973 bits per heavy atom. The average molecular weight is 530 g/mol. The summed E-state index contributed by atoms with van der Waals surface area (Å²) in [4.78, 5) is 51.9. The predicted octanol–water partition coefficient (Wildman–Crippen LogP) is 2.17. The zero-order chi connectivity index (χ0) is 26.1. The van der Waals surface area contributed by atoms with Crippen molar-refractivity contribution in [1.29, 1.82) is 0 Å². The fourth-order valence-corrected chi connectivity index (χ4v) is 6.50. The summed E-state index contributed by atoms with van der Waals surface area (Å²) in [5.41, 5.74) is 0. The largest absolute Gasteiger partial charge is 0.473 e. The molecule has 3 unspecified atom stereocenters. The van der Waals surface area contributed by atoms with Gasteiger partial charge in [0.25, 0.3) is 0 Å². The standard InChI is InChI=1S/C23H29N5O2S.C2H2O4/c29-21-15-17-13-16-14-19(16)28(17)23(30)27(21)8-4-3-7-25-9-11-26(12-10-25)22-18-5-1-2-6-20(18)31-24-22;3-1(4)2(5)6/h1-2,5-6,16-17,19H,3-4,7-15H2;(H,3,4)(H,5,6). The van der Waals surface area contributed by atoms with Crippen LogP contribution < -0.4 is 4.90 Å². The minimum Gasteiger partial charge on any atom is -0.473 e. The van der Waals surface area contributed by atoms with Gasteiger partial charge in [-0.2, -0.15) is 4.37 Å². The maximum Gasteiger partial charge on any atom is 0.414 e. The Labute approximate surface area is 218 Å². The molecule has 0 radical (unpaired) electrons. The maximum absolute atomic E-state index is 12.8. The molecule has 4 aliphatic rings. The van der Waals surface area contributed by atoms with E-state index in [1.54, 1.807) is 11.5 Å². The van der Waals surface area contributed by atoms with Gasteiger partial charge in [-0.05, 0) is 61.8 Å². The second-order valence-electron chi connectivity index (χ2n) is 10.0. The molecule has 1 aliphatic carbocycles. The Bertz CT molecular complexity index is 1180. The molecule has 0 spiro atoms. The molecule has 11 nitrogen and oxygen atoms in total. The van der Waals surface area contributed by atoms with Crippen molar-refractivity contribution in [3.8, 4) is 0 Å². The second kappa shape index (κ2) is 10.6. The summed E-state index contributed by atoms with van der Waals surface area (Å²) in [5.74, 6) is -1.82. The molecule has 12 heteroatoms. The Hall–Kier alpha value is -3.25. The Morgan fingerprint density at radius 2 is 1.68 bits per heavy atom. The number of unbranched alkanes of at least 4 members (excludes halogenated alkanes) is 1. The van der Waals surface area contributed by atoms with Crippen molar-refractivity contribution in [3.63, 3.8) is 0 Å². The van der Waals surface area contributed by atoms with E-state index in [1.165, 1.54) is 15.0 Å². The van der Waals surface area contributed by atoms with Crippen molar-refractivity contribution in [2.75, 3.05) is 44.2 Å². The third-order valence-electron chi connectivity index (χ3n) is 7.69. The number of amides is 3. The number of hydrogen-bond donors (Lipinski definition) is 2. The topological polar surface area (TPSA) is 135 Å². The van der Waals surface area contributed by atoms with Crippen molar-refractivity contribution >= 4 is 51.3 Å². The number of imide groups is 1. The van der Waals surface area contributed by atoms with E-state index in [2.05, 4.69) is 34.1 Å². The number of nitrogens with zero attached hydrogens (tertiary/aromatic N) is 5. The number of carbonyl (C=O) groups is 4. The molecule has 37 heavy (non-hydrogen) atoms.